The van der Waals surface area contributed by atoms with Gasteiger partial charge in [0.1, 0.15) is 0 Å². The maximum atomic E-state index is 10.8. The fraction of sp³-hybridized carbons (Fsp3) is 0.833. The molecule has 6 nitrogen and oxygen atoms in total. The third kappa shape index (κ3) is 8.81. The molecule has 12 heteroatoms. The topological polar surface area (TPSA) is 64.7 Å². The van der Waals surface area contributed by atoms with E-state index in [-0.39, 0.29) is 12.8 Å². The number of hydrogen-bond acceptors (Lipinski definition) is 4. The van der Waals surface area contributed by atoms with Crippen LogP contribution in [-0.2, 0) is 9.59 Å². The van der Waals surface area contributed by atoms with Crippen LogP contribution in [0.15, 0.2) is 0 Å². The Morgan fingerprint density at radius 2 is 1.04 bits per heavy atom. The number of nitrogens with one attached hydrogen (secondary N) is 2. The lowest BCUT2D eigenvalue weighted by atomic mass is 10.2. The van der Waals surface area contributed by atoms with Crippen molar-refractivity contribution >= 4 is 82.4 Å². The number of amides is 2. The van der Waals surface area contributed by atoms with Gasteiger partial charge in [-0.3, -0.25) is 19.4 Å². The molecule has 2 atom stereocenters. The zero-order valence-corrected chi connectivity index (χ0v) is 17.1. The molecular weight excluding hydrogens is 445 g/mol. The molecule has 0 aromatic heterocycles. The molecule has 2 unspecified atom stereocenters. The lowest BCUT2D eigenvalue weighted by Gasteiger charge is -2.42. The molecule has 0 bridgehead atoms. The maximum Gasteiger partial charge on any atom is 0.208 e. The van der Waals surface area contributed by atoms with E-state index in [2.05, 4.69) is 10.6 Å². The minimum Gasteiger partial charge on any atom is -0.343 e. The average molecular weight is 463 g/mol. The second-order valence-electron chi connectivity index (χ2n) is 5.31. The summed E-state index contributed by atoms with van der Waals surface area (Å²) in [6, 6.07) is 0. The van der Waals surface area contributed by atoms with Crippen molar-refractivity contribution < 1.29 is 9.59 Å². The van der Waals surface area contributed by atoms with Crippen LogP contribution in [-0.4, -0.2) is 68.7 Å². The van der Waals surface area contributed by atoms with Crippen molar-refractivity contribution in [3.8, 4) is 0 Å². The normalized spacial score (nSPS) is 20.2. The summed E-state index contributed by atoms with van der Waals surface area (Å²) in [4.78, 5) is 25.5. The Bertz CT molecular complexity index is 371. The number of carbonyl (C=O) groups is 2. The highest BCUT2D eigenvalue weighted by Crippen LogP contribution is 2.33. The van der Waals surface area contributed by atoms with Crippen molar-refractivity contribution in [3.05, 3.63) is 0 Å². The van der Waals surface area contributed by atoms with Gasteiger partial charge in [0, 0.05) is 39.0 Å². The summed E-state index contributed by atoms with van der Waals surface area (Å²) >= 11 is 34.9. The van der Waals surface area contributed by atoms with Crippen molar-refractivity contribution in [2.24, 2.45) is 0 Å². The molecule has 1 aliphatic rings. The zero-order chi connectivity index (χ0) is 18.4. The first kappa shape index (κ1) is 22.6. The van der Waals surface area contributed by atoms with Crippen molar-refractivity contribution in [2.75, 3.05) is 26.2 Å². The van der Waals surface area contributed by atoms with Crippen LogP contribution < -0.4 is 10.6 Å². The van der Waals surface area contributed by atoms with Gasteiger partial charge in [-0.2, -0.15) is 0 Å². The third-order valence-corrected chi connectivity index (χ3v) is 4.53. The molecule has 1 saturated heterocycles. The molecule has 0 aliphatic carbocycles. The fourth-order valence-electron chi connectivity index (χ4n) is 2.54. The van der Waals surface area contributed by atoms with E-state index in [9.17, 15) is 9.59 Å². The summed E-state index contributed by atoms with van der Waals surface area (Å²) in [6.45, 7) is 2.35. The highest BCUT2D eigenvalue weighted by Gasteiger charge is 2.34. The van der Waals surface area contributed by atoms with Gasteiger partial charge < -0.3 is 10.6 Å². The minimum atomic E-state index is -1.48. The van der Waals surface area contributed by atoms with Gasteiger partial charge in [0.25, 0.3) is 0 Å². The summed E-state index contributed by atoms with van der Waals surface area (Å²) in [5.41, 5.74) is 0. The van der Waals surface area contributed by atoms with Crippen molar-refractivity contribution in [2.45, 2.75) is 32.8 Å². The van der Waals surface area contributed by atoms with Gasteiger partial charge in [0.2, 0.25) is 12.8 Å². The van der Waals surface area contributed by atoms with Crippen LogP contribution >= 0.6 is 69.6 Å². The van der Waals surface area contributed by atoms with E-state index in [0.717, 1.165) is 0 Å². The Balaban J connectivity index is 2.64. The van der Waals surface area contributed by atoms with Gasteiger partial charge in [0.05, 0.1) is 12.3 Å². The zero-order valence-electron chi connectivity index (χ0n) is 12.5. The van der Waals surface area contributed by atoms with Crippen molar-refractivity contribution in [1.82, 2.24) is 20.4 Å². The Morgan fingerprint density at radius 1 is 0.750 bits per heavy atom. The molecule has 24 heavy (non-hydrogen) atoms. The molecule has 2 amide bonds. The fourth-order valence-corrected chi connectivity index (χ4v) is 3.42. The molecule has 1 fully saturated rings. The number of halogens is 6. The average Bonchev–Trinajstić information content (AvgIpc) is 2.44. The van der Waals surface area contributed by atoms with E-state index >= 15 is 0 Å². The monoisotopic (exact) mass is 460 g/mol. The Hall–Kier alpha value is 0.600. The van der Waals surface area contributed by atoms with Gasteiger partial charge in [-0.05, 0) is 0 Å². The predicted molar refractivity (Wildman–Crippen MR) is 98.9 cm³/mol. The van der Waals surface area contributed by atoms with Gasteiger partial charge in [-0.1, -0.05) is 69.6 Å². The largest absolute Gasteiger partial charge is 0.343 e. The van der Waals surface area contributed by atoms with Gasteiger partial charge in [-0.15, -0.1) is 0 Å². The lowest BCUT2D eigenvalue weighted by molar-refractivity contribution is -0.113. The molecule has 140 valence electrons. The molecule has 1 aliphatic heterocycles. The van der Waals surface area contributed by atoms with E-state index in [4.69, 9.17) is 69.6 Å². The molecule has 0 saturated carbocycles. The third-order valence-electron chi connectivity index (χ3n) is 3.60. The summed E-state index contributed by atoms with van der Waals surface area (Å²) in [5.74, 6) is 0. The molecule has 0 aromatic rings. The lowest BCUT2D eigenvalue weighted by Crippen LogP contribution is -2.59. The number of alkyl halides is 6. The summed E-state index contributed by atoms with van der Waals surface area (Å²) in [5, 5.41) is 5.31. The standard InChI is InChI=1S/C12H18Cl6N4O2/c13-11(14,15)5-9(19-7-23)21-1-2-22(4-3-21)10(20-8-24)6-12(16,17)18/h7-10H,1-6H2,(H,19,23)(H,20,24). The van der Waals surface area contributed by atoms with Crippen molar-refractivity contribution in [1.29, 1.82) is 0 Å². The second-order valence-corrected chi connectivity index (χ2v) is 10.3. The summed E-state index contributed by atoms with van der Waals surface area (Å²) in [7, 11) is 0. The Labute approximate surface area is 171 Å². The van der Waals surface area contributed by atoms with Crippen LogP contribution in [0.5, 0.6) is 0 Å². The first-order valence-electron chi connectivity index (χ1n) is 7.06. The van der Waals surface area contributed by atoms with E-state index in [1.54, 1.807) is 0 Å². The van der Waals surface area contributed by atoms with Crippen LogP contribution in [0.1, 0.15) is 12.8 Å². The molecule has 0 aromatic carbocycles. The first-order chi connectivity index (χ1) is 11.1. The number of carbonyl (C=O) groups excluding carboxylic acids is 2. The quantitative estimate of drug-likeness (QED) is 0.429. The minimum absolute atomic E-state index is 0.153. The highest BCUT2D eigenvalue weighted by atomic mass is 35.6. The SMILES string of the molecule is O=CNC(CC(Cl)(Cl)Cl)N1CCN(C(CC(Cl)(Cl)Cl)NC=O)CC1. The maximum absolute atomic E-state index is 10.8. The molecule has 1 heterocycles. The molecule has 0 spiro atoms. The Morgan fingerprint density at radius 3 is 1.25 bits per heavy atom. The Kier molecular flexibility index (Phi) is 9.50. The summed E-state index contributed by atoms with van der Waals surface area (Å²) in [6.07, 6.45) is 0.659. The number of hydrogen-bond donors (Lipinski definition) is 2. The van der Waals surface area contributed by atoms with Crippen LogP contribution in [0.4, 0.5) is 0 Å². The van der Waals surface area contributed by atoms with Crippen LogP contribution in [0.25, 0.3) is 0 Å². The molecule has 1 rings (SSSR count). The number of rotatable bonds is 8. The predicted octanol–water partition coefficient (Wildman–Crippen LogP) is 2.27. The highest BCUT2D eigenvalue weighted by molar-refractivity contribution is 6.68. The van der Waals surface area contributed by atoms with Gasteiger partial charge >= 0.3 is 0 Å². The van der Waals surface area contributed by atoms with Gasteiger partial charge in [0.15, 0.2) is 7.59 Å². The molecule has 2 N–H and O–H groups in total. The molecule has 0 radical (unpaired) electrons. The van der Waals surface area contributed by atoms with Gasteiger partial charge in [-0.25, -0.2) is 0 Å². The van der Waals surface area contributed by atoms with E-state index in [1.165, 1.54) is 0 Å². The van der Waals surface area contributed by atoms with Crippen LogP contribution in [0.2, 0.25) is 0 Å². The number of nitrogens with zero attached hydrogens (tertiary/aromatic N) is 2. The van der Waals surface area contributed by atoms with Crippen molar-refractivity contribution in [3.63, 3.8) is 0 Å². The molecular formula is C12H18Cl6N4O2. The number of piperazine rings is 1. The first-order valence-corrected chi connectivity index (χ1v) is 9.33. The van der Waals surface area contributed by atoms with E-state index in [0.29, 0.717) is 39.0 Å². The second kappa shape index (κ2) is 10.1. The van der Waals surface area contributed by atoms with Crippen LogP contribution in [0.3, 0.4) is 0 Å². The smallest absolute Gasteiger partial charge is 0.208 e. The van der Waals surface area contributed by atoms with Crippen LogP contribution in [0, 0.1) is 0 Å². The van der Waals surface area contributed by atoms with E-state index in [1.807, 2.05) is 9.80 Å². The van der Waals surface area contributed by atoms with E-state index < -0.39 is 19.9 Å². The summed E-state index contributed by atoms with van der Waals surface area (Å²) < 4.78 is -2.95.